The Morgan fingerprint density at radius 3 is 2.62 bits per heavy atom. The zero-order valence-electron chi connectivity index (χ0n) is 21.3. The monoisotopic (exact) mass is 530 g/mol. The maximum Gasteiger partial charge on any atom is 0.414 e. The Labute approximate surface area is 221 Å². The number of amides is 2. The Bertz CT molecular complexity index is 1790. The highest BCUT2D eigenvalue weighted by atomic mass is 19.1. The molecule has 198 valence electrons. The maximum atomic E-state index is 14.8. The first kappa shape index (κ1) is 24.6. The molecule has 5 aromatic rings. The van der Waals surface area contributed by atoms with Gasteiger partial charge in [-0.2, -0.15) is 0 Å². The number of nitrogens with two attached hydrogens (primary N) is 1. The van der Waals surface area contributed by atoms with Gasteiger partial charge in [-0.05, 0) is 74.4 Å². The van der Waals surface area contributed by atoms with Crippen LogP contribution in [0.15, 0.2) is 53.1 Å². The number of primary amides is 1. The average Bonchev–Trinajstić information content (AvgIpc) is 3.41. The lowest BCUT2D eigenvalue weighted by atomic mass is 9.97. The van der Waals surface area contributed by atoms with Crippen LogP contribution in [0, 0.1) is 25.5 Å². The second-order valence-corrected chi connectivity index (χ2v) is 9.62. The van der Waals surface area contributed by atoms with Gasteiger partial charge < -0.3 is 19.6 Å². The van der Waals surface area contributed by atoms with Crippen LogP contribution >= 0.6 is 0 Å². The number of fused-ring (bicyclic) bond motifs is 3. The second-order valence-electron chi connectivity index (χ2n) is 9.62. The van der Waals surface area contributed by atoms with Crippen LogP contribution in [0.25, 0.3) is 32.9 Å². The summed E-state index contributed by atoms with van der Waals surface area (Å²) in [6, 6.07) is 12.2. The second kappa shape index (κ2) is 9.23. The number of hydrogen-bond donors (Lipinski definition) is 1. The van der Waals surface area contributed by atoms with Crippen LogP contribution in [0.1, 0.15) is 33.8 Å². The summed E-state index contributed by atoms with van der Waals surface area (Å²) in [5.74, 6) is -1.22. The van der Waals surface area contributed by atoms with E-state index in [1.54, 1.807) is 38.1 Å². The molecule has 39 heavy (non-hydrogen) atoms. The summed E-state index contributed by atoms with van der Waals surface area (Å²) >= 11 is 0. The molecule has 0 aliphatic carbocycles. The number of aryl methyl sites for hydroxylation is 2. The minimum Gasteiger partial charge on any atom is -0.449 e. The van der Waals surface area contributed by atoms with Gasteiger partial charge in [-0.15, -0.1) is 0 Å². The molecule has 0 atom stereocenters. The number of cyclic esters (lactones) is 1. The van der Waals surface area contributed by atoms with E-state index in [-0.39, 0.29) is 17.7 Å². The van der Waals surface area contributed by atoms with E-state index in [0.717, 1.165) is 18.2 Å². The molecule has 2 aromatic heterocycles. The minimum atomic E-state index is -0.660. The lowest BCUT2D eigenvalue weighted by molar-refractivity contribution is 0.100. The fraction of sp³-hybridized carbons (Fsp3) is 0.207. The van der Waals surface area contributed by atoms with Gasteiger partial charge >= 0.3 is 6.09 Å². The fourth-order valence-corrected chi connectivity index (χ4v) is 5.40. The topological polar surface area (TPSA) is 104 Å². The molecule has 3 heterocycles. The third-order valence-electron chi connectivity index (χ3n) is 7.16. The molecule has 8 nitrogen and oxygen atoms in total. The van der Waals surface area contributed by atoms with Gasteiger partial charge in [0.15, 0.2) is 0 Å². The van der Waals surface area contributed by atoms with Crippen LogP contribution < -0.4 is 10.6 Å². The standard InChI is InChI=1S/C29H24F2N4O4/c1-15-26(16(2)39-33-15)17-11-22(28(32)36)27-21-13-20(34-8-3-9-38-29(34)37)5-7-24(21)35(25(27)12-17)14-18-10-19(30)4-6-23(18)31/h4-7,10-13H,3,8-9,14H2,1-2H3,(H2,32,36). The van der Waals surface area contributed by atoms with Crippen LogP contribution in [0.4, 0.5) is 19.3 Å². The van der Waals surface area contributed by atoms with Gasteiger partial charge in [-0.25, -0.2) is 13.6 Å². The summed E-state index contributed by atoms with van der Waals surface area (Å²) in [5.41, 5.74) is 10.1. The Morgan fingerprint density at radius 2 is 1.90 bits per heavy atom. The van der Waals surface area contributed by atoms with E-state index in [1.165, 1.54) is 4.90 Å². The number of halogens is 2. The number of nitrogens with zero attached hydrogens (tertiary/aromatic N) is 3. The van der Waals surface area contributed by atoms with Crippen molar-refractivity contribution < 1.29 is 27.6 Å². The van der Waals surface area contributed by atoms with E-state index in [0.29, 0.717) is 69.6 Å². The van der Waals surface area contributed by atoms with Crippen molar-refractivity contribution in [2.45, 2.75) is 26.8 Å². The number of anilines is 1. The normalized spacial score (nSPS) is 13.8. The first-order chi connectivity index (χ1) is 18.7. The number of benzene rings is 3. The molecule has 2 N–H and O–H groups in total. The summed E-state index contributed by atoms with van der Waals surface area (Å²) < 4.78 is 41.3. The number of aromatic nitrogens is 2. The largest absolute Gasteiger partial charge is 0.449 e. The Kier molecular flexibility index (Phi) is 5.82. The highest BCUT2D eigenvalue weighted by molar-refractivity contribution is 6.19. The number of hydrogen-bond acceptors (Lipinski definition) is 5. The molecule has 0 unspecified atom stereocenters. The zero-order chi connectivity index (χ0) is 27.4. The van der Waals surface area contributed by atoms with Crippen molar-refractivity contribution in [3.8, 4) is 11.1 Å². The Balaban J connectivity index is 1.67. The summed E-state index contributed by atoms with van der Waals surface area (Å²) in [4.78, 5) is 26.8. The van der Waals surface area contributed by atoms with E-state index in [2.05, 4.69) is 5.16 Å². The van der Waals surface area contributed by atoms with Gasteiger partial charge in [0.1, 0.15) is 17.4 Å². The van der Waals surface area contributed by atoms with Gasteiger partial charge in [0, 0.05) is 45.2 Å². The van der Waals surface area contributed by atoms with Crippen LogP contribution in [-0.2, 0) is 11.3 Å². The molecule has 0 radical (unpaired) electrons. The van der Waals surface area contributed by atoms with Gasteiger partial charge in [0.2, 0.25) is 5.91 Å². The molecule has 0 saturated carbocycles. The summed E-state index contributed by atoms with van der Waals surface area (Å²) in [5, 5.41) is 5.21. The van der Waals surface area contributed by atoms with Crippen molar-refractivity contribution in [3.05, 3.63) is 82.7 Å². The molecular weight excluding hydrogens is 506 g/mol. The van der Waals surface area contributed by atoms with E-state index in [1.807, 2.05) is 10.6 Å². The number of rotatable bonds is 5. The molecule has 3 aromatic carbocycles. The van der Waals surface area contributed by atoms with Gasteiger partial charge in [-0.3, -0.25) is 9.69 Å². The Morgan fingerprint density at radius 1 is 1.08 bits per heavy atom. The van der Waals surface area contributed by atoms with Gasteiger partial charge in [0.05, 0.1) is 24.4 Å². The highest BCUT2D eigenvalue weighted by Gasteiger charge is 2.25. The SMILES string of the molecule is Cc1noc(C)c1-c1cc(C(N)=O)c2c3cc(N4CCCOC4=O)ccc3n(Cc3cc(F)ccc3F)c2c1. The third-order valence-corrected chi connectivity index (χ3v) is 7.16. The van der Waals surface area contributed by atoms with Crippen LogP contribution in [0.5, 0.6) is 0 Å². The molecule has 1 aliphatic rings. The zero-order valence-corrected chi connectivity index (χ0v) is 21.3. The third kappa shape index (κ3) is 4.08. The van der Waals surface area contributed by atoms with E-state index in [4.69, 9.17) is 15.0 Å². The van der Waals surface area contributed by atoms with Crippen molar-refractivity contribution in [1.29, 1.82) is 0 Å². The number of ether oxygens (including phenoxy) is 1. The molecule has 1 fully saturated rings. The fourth-order valence-electron chi connectivity index (χ4n) is 5.40. The summed E-state index contributed by atoms with van der Waals surface area (Å²) in [6.07, 6.45) is 0.222. The first-order valence-electron chi connectivity index (χ1n) is 12.4. The molecule has 10 heteroatoms. The maximum absolute atomic E-state index is 14.8. The van der Waals surface area contributed by atoms with Crippen LogP contribution in [0.3, 0.4) is 0 Å². The first-order valence-corrected chi connectivity index (χ1v) is 12.4. The molecule has 6 rings (SSSR count). The smallest absolute Gasteiger partial charge is 0.414 e. The van der Waals surface area contributed by atoms with Gasteiger partial charge in [0.25, 0.3) is 0 Å². The highest BCUT2D eigenvalue weighted by Crippen LogP contribution is 2.39. The molecule has 0 spiro atoms. The van der Waals surface area contributed by atoms with E-state index >= 15 is 0 Å². The van der Waals surface area contributed by atoms with Crippen molar-refractivity contribution in [3.63, 3.8) is 0 Å². The molecule has 2 amide bonds. The summed E-state index contributed by atoms with van der Waals surface area (Å²) in [7, 11) is 0. The van der Waals surface area contributed by atoms with Crippen molar-refractivity contribution >= 4 is 39.5 Å². The molecule has 1 aliphatic heterocycles. The predicted octanol–water partition coefficient (Wildman–Crippen LogP) is 5.84. The van der Waals surface area contributed by atoms with Crippen molar-refractivity contribution in [1.82, 2.24) is 9.72 Å². The summed E-state index contributed by atoms with van der Waals surface area (Å²) in [6.45, 7) is 4.38. The average molecular weight is 531 g/mol. The molecular formula is C29H24F2N4O4. The lowest BCUT2D eigenvalue weighted by Crippen LogP contribution is -2.37. The lowest BCUT2D eigenvalue weighted by Gasteiger charge is -2.26. The van der Waals surface area contributed by atoms with Crippen molar-refractivity contribution in [2.75, 3.05) is 18.1 Å². The number of carbonyl (C=O) groups is 2. The van der Waals surface area contributed by atoms with E-state index in [9.17, 15) is 18.4 Å². The van der Waals surface area contributed by atoms with Crippen LogP contribution in [0.2, 0.25) is 0 Å². The van der Waals surface area contributed by atoms with E-state index < -0.39 is 23.6 Å². The van der Waals surface area contributed by atoms with Crippen molar-refractivity contribution in [2.24, 2.45) is 5.73 Å². The van der Waals surface area contributed by atoms with Crippen LogP contribution in [-0.4, -0.2) is 34.9 Å². The number of carbonyl (C=O) groups excluding carboxylic acids is 2. The predicted molar refractivity (Wildman–Crippen MR) is 142 cm³/mol. The van der Waals surface area contributed by atoms with Gasteiger partial charge in [-0.1, -0.05) is 5.16 Å². The Hall–Kier alpha value is -4.73. The minimum absolute atomic E-state index is 0.0159. The molecule has 0 bridgehead atoms. The quantitative estimate of drug-likeness (QED) is 0.308. The molecule has 1 saturated heterocycles.